The Bertz CT molecular complexity index is 380. The van der Waals surface area contributed by atoms with Crippen LogP contribution in [0.1, 0.15) is 38.1 Å². The Morgan fingerprint density at radius 3 is 2.47 bits per heavy atom. The fraction of sp³-hybridized carbons (Fsp3) is 0.714. The fourth-order valence-electron chi connectivity index (χ4n) is 2.03. The van der Waals surface area contributed by atoms with Gasteiger partial charge in [0.15, 0.2) is 5.16 Å². The zero-order valence-electron chi connectivity index (χ0n) is 12.4. The number of hydrogen-bond donors (Lipinski definition) is 2. The van der Waals surface area contributed by atoms with Crippen LogP contribution in [-0.4, -0.2) is 39.5 Å². The van der Waals surface area contributed by atoms with E-state index in [0.29, 0.717) is 0 Å². The molecule has 0 saturated heterocycles. The van der Waals surface area contributed by atoms with Gasteiger partial charge in [-0.25, -0.2) is 9.97 Å². The minimum atomic E-state index is -0.168. The molecule has 4 nitrogen and oxygen atoms in total. The van der Waals surface area contributed by atoms with Crippen LogP contribution in [-0.2, 0) is 0 Å². The summed E-state index contributed by atoms with van der Waals surface area (Å²) >= 11 is 1.69. The first-order valence-corrected chi connectivity index (χ1v) is 7.78. The number of nitrogens with zero attached hydrogens (tertiary/aromatic N) is 2. The van der Waals surface area contributed by atoms with E-state index in [1.54, 1.807) is 11.8 Å². The molecule has 0 amide bonds. The van der Waals surface area contributed by atoms with Gasteiger partial charge in [-0.3, -0.25) is 0 Å². The summed E-state index contributed by atoms with van der Waals surface area (Å²) in [6.07, 6.45) is 1.99. The number of hydrogen-bond acceptors (Lipinski definition) is 5. The largest absolute Gasteiger partial charge is 0.394 e. The molecule has 0 bridgehead atoms. The molecule has 108 valence electrons. The summed E-state index contributed by atoms with van der Waals surface area (Å²) in [4.78, 5) is 8.82. The summed E-state index contributed by atoms with van der Waals surface area (Å²) in [6, 6.07) is 1.98. The van der Waals surface area contributed by atoms with Crippen LogP contribution in [0.25, 0.3) is 0 Å². The van der Waals surface area contributed by atoms with E-state index in [0.717, 1.165) is 41.7 Å². The predicted octanol–water partition coefficient (Wildman–Crippen LogP) is 2.33. The average Bonchev–Trinajstić information content (AvgIpc) is 2.34. The van der Waals surface area contributed by atoms with Crippen LogP contribution in [0.3, 0.4) is 0 Å². The van der Waals surface area contributed by atoms with Gasteiger partial charge < -0.3 is 10.4 Å². The van der Waals surface area contributed by atoms with Crippen molar-refractivity contribution in [2.75, 3.05) is 18.9 Å². The average molecular weight is 283 g/mol. The molecule has 1 rings (SSSR count). The predicted molar refractivity (Wildman–Crippen MR) is 80.6 cm³/mol. The van der Waals surface area contributed by atoms with Gasteiger partial charge in [0, 0.05) is 22.7 Å². The summed E-state index contributed by atoms with van der Waals surface area (Å²) in [5.41, 5.74) is 1.87. The van der Waals surface area contributed by atoms with Crippen molar-refractivity contribution in [2.24, 2.45) is 0 Å². The zero-order chi connectivity index (χ0) is 14.3. The highest BCUT2D eigenvalue weighted by Gasteiger charge is 2.20. The SMILES string of the molecule is CCNC(C)(CO)CCCSc1nc(C)cc(C)n1. The van der Waals surface area contributed by atoms with Crippen molar-refractivity contribution < 1.29 is 5.11 Å². The number of aliphatic hydroxyl groups is 1. The summed E-state index contributed by atoms with van der Waals surface area (Å²) in [5, 5.41) is 13.6. The molecule has 1 unspecified atom stereocenters. The number of thioether (sulfide) groups is 1. The second-order valence-electron chi connectivity index (χ2n) is 5.13. The molecule has 0 aliphatic rings. The zero-order valence-corrected chi connectivity index (χ0v) is 13.2. The van der Waals surface area contributed by atoms with Crippen LogP contribution < -0.4 is 5.32 Å². The second kappa shape index (κ2) is 7.82. The first-order valence-electron chi connectivity index (χ1n) is 6.80. The third-order valence-electron chi connectivity index (χ3n) is 3.02. The molecular weight excluding hydrogens is 258 g/mol. The first kappa shape index (κ1) is 16.4. The Morgan fingerprint density at radius 2 is 1.95 bits per heavy atom. The van der Waals surface area contributed by atoms with Gasteiger partial charge in [-0.1, -0.05) is 18.7 Å². The van der Waals surface area contributed by atoms with E-state index in [2.05, 4.69) is 29.1 Å². The van der Waals surface area contributed by atoms with Crippen molar-refractivity contribution in [1.29, 1.82) is 0 Å². The van der Waals surface area contributed by atoms with E-state index in [1.165, 1.54) is 0 Å². The van der Waals surface area contributed by atoms with Crippen molar-refractivity contribution >= 4 is 11.8 Å². The lowest BCUT2D eigenvalue weighted by Crippen LogP contribution is -2.45. The number of nitrogens with one attached hydrogen (secondary N) is 1. The molecule has 0 aliphatic carbocycles. The van der Waals surface area contributed by atoms with Crippen LogP contribution in [0.4, 0.5) is 0 Å². The number of likely N-dealkylation sites (N-methyl/N-ethyl adjacent to an activating group) is 1. The molecule has 1 heterocycles. The molecular formula is C14H25N3OS. The van der Waals surface area contributed by atoms with Crippen LogP contribution in [0.5, 0.6) is 0 Å². The first-order chi connectivity index (χ1) is 8.99. The maximum absolute atomic E-state index is 9.41. The third-order valence-corrected chi connectivity index (χ3v) is 3.95. The third kappa shape index (κ3) is 5.89. The molecule has 1 aromatic rings. The quantitative estimate of drug-likeness (QED) is 0.436. The normalized spacial score (nSPS) is 14.4. The Kier molecular flexibility index (Phi) is 6.75. The molecule has 0 saturated carbocycles. The second-order valence-corrected chi connectivity index (χ2v) is 6.20. The van der Waals surface area contributed by atoms with Crippen molar-refractivity contribution in [2.45, 2.75) is 51.2 Å². The molecule has 0 fully saturated rings. The maximum Gasteiger partial charge on any atom is 0.187 e. The molecule has 0 aliphatic heterocycles. The number of rotatable bonds is 8. The Labute approximate surface area is 120 Å². The topological polar surface area (TPSA) is 58.0 Å². The van der Waals surface area contributed by atoms with Gasteiger partial charge in [0.05, 0.1) is 6.61 Å². The lowest BCUT2D eigenvalue weighted by atomic mass is 9.97. The Hall–Kier alpha value is -0.650. The van der Waals surface area contributed by atoms with Gasteiger partial charge in [-0.2, -0.15) is 0 Å². The molecule has 2 N–H and O–H groups in total. The summed E-state index contributed by atoms with van der Waals surface area (Å²) in [7, 11) is 0. The summed E-state index contributed by atoms with van der Waals surface area (Å²) in [6.45, 7) is 9.16. The van der Waals surface area contributed by atoms with Crippen LogP contribution in [0, 0.1) is 13.8 Å². The molecule has 5 heteroatoms. The molecule has 1 aromatic heterocycles. The van der Waals surface area contributed by atoms with Crippen molar-refractivity contribution in [1.82, 2.24) is 15.3 Å². The fourth-order valence-corrected chi connectivity index (χ4v) is 2.92. The molecule has 0 radical (unpaired) electrons. The summed E-state index contributed by atoms with van der Waals surface area (Å²) < 4.78 is 0. The highest BCUT2D eigenvalue weighted by Crippen LogP contribution is 2.19. The number of aryl methyl sites for hydroxylation is 2. The summed E-state index contributed by atoms with van der Waals surface area (Å²) in [5.74, 6) is 0.976. The van der Waals surface area contributed by atoms with E-state index in [4.69, 9.17) is 0 Å². The highest BCUT2D eigenvalue weighted by molar-refractivity contribution is 7.99. The van der Waals surface area contributed by atoms with E-state index < -0.39 is 0 Å². The van der Waals surface area contributed by atoms with E-state index in [1.807, 2.05) is 19.9 Å². The van der Waals surface area contributed by atoms with Gasteiger partial charge >= 0.3 is 0 Å². The Morgan fingerprint density at radius 1 is 1.32 bits per heavy atom. The molecule has 0 aromatic carbocycles. The lowest BCUT2D eigenvalue weighted by molar-refractivity contribution is 0.167. The highest BCUT2D eigenvalue weighted by atomic mass is 32.2. The van der Waals surface area contributed by atoms with Crippen LogP contribution >= 0.6 is 11.8 Å². The maximum atomic E-state index is 9.41. The van der Waals surface area contributed by atoms with Crippen molar-refractivity contribution in [3.63, 3.8) is 0 Å². The molecule has 19 heavy (non-hydrogen) atoms. The number of aliphatic hydroxyl groups excluding tert-OH is 1. The minimum absolute atomic E-state index is 0.168. The standard InChI is InChI=1S/C14H25N3OS/c1-5-15-14(4,10-18)7-6-8-19-13-16-11(2)9-12(3)17-13/h9,15,18H,5-8,10H2,1-4H3. The van der Waals surface area contributed by atoms with E-state index in [-0.39, 0.29) is 12.1 Å². The van der Waals surface area contributed by atoms with E-state index >= 15 is 0 Å². The van der Waals surface area contributed by atoms with Crippen molar-refractivity contribution in [3.8, 4) is 0 Å². The number of aromatic nitrogens is 2. The van der Waals surface area contributed by atoms with Crippen LogP contribution in [0.2, 0.25) is 0 Å². The minimum Gasteiger partial charge on any atom is -0.394 e. The van der Waals surface area contributed by atoms with Gasteiger partial charge in [0.2, 0.25) is 0 Å². The Balaban J connectivity index is 2.38. The smallest absolute Gasteiger partial charge is 0.187 e. The van der Waals surface area contributed by atoms with Gasteiger partial charge in [-0.15, -0.1) is 0 Å². The van der Waals surface area contributed by atoms with Gasteiger partial charge in [-0.05, 0) is 46.2 Å². The molecule has 1 atom stereocenters. The van der Waals surface area contributed by atoms with Crippen molar-refractivity contribution in [3.05, 3.63) is 17.5 Å². The van der Waals surface area contributed by atoms with Crippen LogP contribution in [0.15, 0.2) is 11.2 Å². The molecule has 0 spiro atoms. The monoisotopic (exact) mass is 283 g/mol. The van der Waals surface area contributed by atoms with E-state index in [9.17, 15) is 5.11 Å². The lowest BCUT2D eigenvalue weighted by Gasteiger charge is -2.28. The van der Waals surface area contributed by atoms with Gasteiger partial charge in [0.1, 0.15) is 0 Å². The van der Waals surface area contributed by atoms with Gasteiger partial charge in [0.25, 0.3) is 0 Å².